The summed E-state index contributed by atoms with van der Waals surface area (Å²) in [6.45, 7) is 9.53. The second-order valence-electron chi connectivity index (χ2n) is 5.16. The molecule has 3 rings (SSSR count). The number of nitrogens with zero attached hydrogens (tertiary/aromatic N) is 2. The molecule has 1 N–H and O–H groups in total. The maximum absolute atomic E-state index is 5.34. The number of nitrogens with one attached hydrogen (secondary N) is 1. The molecular weight excluding hydrogens is 210 g/mol. The zero-order valence-electron chi connectivity index (χ0n) is 11.0. The standard InChI is InChI=1S/C14H25N3/c1-3-5-6-7-13(15-4-2)14-12-16-8-10-17(14)11-9-16/h1,13-15H,4-12H2,2H3. The Balaban J connectivity index is 1.88. The molecule has 17 heavy (non-hydrogen) atoms. The number of terminal acetylenes is 1. The van der Waals surface area contributed by atoms with Crippen LogP contribution in [0.5, 0.6) is 0 Å². The average molecular weight is 235 g/mol. The Morgan fingerprint density at radius 2 is 2.12 bits per heavy atom. The van der Waals surface area contributed by atoms with Crippen molar-refractivity contribution >= 4 is 0 Å². The molecule has 3 heteroatoms. The van der Waals surface area contributed by atoms with E-state index in [-0.39, 0.29) is 0 Å². The lowest BCUT2D eigenvalue weighted by atomic mass is 9.95. The Bertz CT molecular complexity index is 263. The van der Waals surface area contributed by atoms with Crippen LogP contribution >= 0.6 is 0 Å². The summed E-state index contributed by atoms with van der Waals surface area (Å²) in [6, 6.07) is 1.33. The molecular formula is C14H25N3. The second kappa shape index (κ2) is 6.39. The number of rotatable bonds is 6. The molecule has 0 aromatic heterocycles. The number of fused-ring (bicyclic) bond motifs is 3. The molecule has 0 aromatic rings. The maximum atomic E-state index is 5.34. The van der Waals surface area contributed by atoms with Gasteiger partial charge in [0.2, 0.25) is 0 Å². The first-order valence-electron chi connectivity index (χ1n) is 6.98. The van der Waals surface area contributed by atoms with Gasteiger partial charge in [-0.1, -0.05) is 6.92 Å². The largest absolute Gasteiger partial charge is 0.313 e. The second-order valence-corrected chi connectivity index (χ2v) is 5.16. The van der Waals surface area contributed by atoms with E-state index in [0.717, 1.165) is 19.4 Å². The molecule has 0 saturated carbocycles. The van der Waals surface area contributed by atoms with Gasteiger partial charge in [0.25, 0.3) is 0 Å². The quantitative estimate of drug-likeness (QED) is 0.542. The van der Waals surface area contributed by atoms with E-state index in [0.29, 0.717) is 12.1 Å². The van der Waals surface area contributed by atoms with Gasteiger partial charge in [0.15, 0.2) is 0 Å². The number of hydrogen-bond donors (Lipinski definition) is 1. The minimum Gasteiger partial charge on any atom is -0.313 e. The molecule has 2 atom stereocenters. The highest BCUT2D eigenvalue weighted by atomic mass is 15.4. The monoisotopic (exact) mass is 235 g/mol. The van der Waals surface area contributed by atoms with Crippen LogP contribution in [0.2, 0.25) is 0 Å². The summed E-state index contributed by atoms with van der Waals surface area (Å²) in [5.41, 5.74) is 0. The Morgan fingerprint density at radius 3 is 2.65 bits per heavy atom. The van der Waals surface area contributed by atoms with Crippen LogP contribution in [-0.4, -0.2) is 61.2 Å². The number of piperazine rings is 3. The van der Waals surface area contributed by atoms with Crippen LogP contribution in [0.3, 0.4) is 0 Å². The molecule has 0 amide bonds. The third-order valence-corrected chi connectivity index (χ3v) is 4.09. The fourth-order valence-electron chi connectivity index (χ4n) is 3.16. The Labute approximate surface area is 106 Å². The van der Waals surface area contributed by atoms with Gasteiger partial charge < -0.3 is 5.32 Å². The van der Waals surface area contributed by atoms with Crippen molar-refractivity contribution in [1.29, 1.82) is 0 Å². The summed E-state index contributed by atoms with van der Waals surface area (Å²) in [4.78, 5) is 5.28. The molecule has 3 nitrogen and oxygen atoms in total. The van der Waals surface area contributed by atoms with Crippen molar-refractivity contribution in [3.05, 3.63) is 0 Å². The SMILES string of the molecule is C#CCCCC(NCC)C1CN2CCN1CC2. The third kappa shape index (κ3) is 3.22. The first kappa shape index (κ1) is 12.9. The van der Waals surface area contributed by atoms with E-state index in [4.69, 9.17) is 6.42 Å². The van der Waals surface area contributed by atoms with Crippen LogP contribution in [0.15, 0.2) is 0 Å². The number of hydrogen-bond acceptors (Lipinski definition) is 3. The van der Waals surface area contributed by atoms with Crippen molar-refractivity contribution in [3.63, 3.8) is 0 Å². The summed E-state index contributed by atoms with van der Waals surface area (Å²) >= 11 is 0. The highest BCUT2D eigenvalue weighted by Gasteiger charge is 2.35. The van der Waals surface area contributed by atoms with Crippen LogP contribution in [0, 0.1) is 12.3 Å². The molecule has 3 saturated heterocycles. The molecule has 3 aliphatic heterocycles. The van der Waals surface area contributed by atoms with E-state index in [9.17, 15) is 0 Å². The minimum absolute atomic E-state index is 0.622. The molecule has 2 unspecified atom stereocenters. The normalized spacial score (nSPS) is 33.3. The van der Waals surface area contributed by atoms with E-state index >= 15 is 0 Å². The van der Waals surface area contributed by atoms with Gasteiger partial charge in [-0.05, 0) is 19.4 Å². The van der Waals surface area contributed by atoms with Crippen molar-refractivity contribution in [2.45, 2.75) is 38.3 Å². The summed E-state index contributed by atoms with van der Waals surface area (Å²) in [7, 11) is 0. The topological polar surface area (TPSA) is 18.5 Å². The van der Waals surface area contributed by atoms with Gasteiger partial charge >= 0.3 is 0 Å². The summed E-state index contributed by atoms with van der Waals surface area (Å²) in [6.07, 6.45) is 8.62. The molecule has 0 aromatic carbocycles. The third-order valence-electron chi connectivity index (χ3n) is 4.09. The zero-order valence-corrected chi connectivity index (χ0v) is 11.0. The van der Waals surface area contributed by atoms with Crippen molar-refractivity contribution in [3.8, 4) is 12.3 Å². The number of likely N-dealkylation sites (N-methyl/N-ethyl adjacent to an activating group) is 1. The highest BCUT2D eigenvalue weighted by molar-refractivity contribution is 4.95. The first-order valence-corrected chi connectivity index (χ1v) is 6.98. The van der Waals surface area contributed by atoms with Crippen molar-refractivity contribution in [1.82, 2.24) is 15.1 Å². The van der Waals surface area contributed by atoms with Crippen molar-refractivity contribution in [2.75, 3.05) is 39.3 Å². The van der Waals surface area contributed by atoms with Gasteiger partial charge in [0.05, 0.1) is 0 Å². The van der Waals surface area contributed by atoms with E-state index in [1.165, 1.54) is 39.1 Å². The predicted octanol–water partition coefficient (Wildman–Crippen LogP) is 0.768. The molecule has 3 heterocycles. The van der Waals surface area contributed by atoms with Crippen LogP contribution < -0.4 is 5.32 Å². The smallest absolute Gasteiger partial charge is 0.0377 e. The summed E-state index contributed by atoms with van der Waals surface area (Å²) < 4.78 is 0. The Kier molecular flexibility index (Phi) is 4.85. The zero-order chi connectivity index (χ0) is 12.1. The fraction of sp³-hybridized carbons (Fsp3) is 0.857. The molecule has 0 radical (unpaired) electrons. The van der Waals surface area contributed by atoms with Gasteiger partial charge in [0, 0.05) is 51.2 Å². The van der Waals surface area contributed by atoms with Gasteiger partial charge in [-0.15, -0.1) is 12.3 Å². The molecule has 3 aliphatic rings. The van der Waals surface area contributed by atoms with Gasteiger partial charge in [-0.2, -0.15) is 0 Å². The van der Waals surface area contributed by atoms with Crippen molar-refractivity contribution < 1.29 is 0 Å². The predicted molar refractivity (Wildman–Crippen MR) is 71.9 cm³/mol. The molecule has 0 aliphatic carbocycles. The lowest BCUT2D eigenvalue weighted by molar-refractivity contribution is -0.00443. The van der Waals surface area contributed by atoms with Crippen LogP contribution in [0.25, 0.3) is 0 Å². The maximum Gasteiger partial charge on any atom is 0.0377 e. The van der Waals surface area contributed by atoms with Gasteiger partial charge in [0.1, 0.15) is 0 Å². The molecule has 0 spiro atoms. The lowest BCUT2D eigenvalue weighted by Crippen LogP contribution is -2.66. The fourth-order valence-corrected chi connectivity index (χ4v) is 3.16. The van der Waals surface area contributed by atoms with Gasteiger partial charge in [-0.3, -0.25) is 9.80 Å². The Morgan fingerprint density at radius 1 is 1.35 bits per heavy atom. The highest BCUT2D eigenvalue weighted by Crippen LogP contribution is 2.20. The van der Waals surface area contributed by atoms with Crippen LogP contribution in [-0.2, 0) is 0 Å². The van der Waals surface area contributed by atoms with E-state index < -0.39 is 0 Å². The van der Waals surface area contributed by atoms with Crippen molar-refractivity contribution in [2.24, 2.45) is 0 Å². The Hall–Kier alpha value is -0.560. The summed E-state index contributed by atoms with van der Waals surface area (Å²) in [5.74, 6) is 2.75. The van der Waals surface area contributed by atoms with E-state index in [1.54, 1.807) is 0 Å². The summed E-state index contributed by atoms with van der Waals surface area (Å²) in [5, 5.41) is 3.66. The molecule has 3 fully saturated rings. The average Bonchev–Trinajstić information content (AvgIpc) is 2.39. The van der Waals surface area contributed by atoms with Crippen LogP contribution in [0.1, 0.15) is 26.2 Å². The van der Waals surface area contributed by atoms with Gasteiger partial charge in [-0.25, -0.2) is 0 Å². The van der Waals surface area contributed by atoms with Crippen LogP contribution in [0.4, 0.5) is 0 Å². The molecule has 2 bridgehead atoms. The number of unbranched alkanes of at least 4 members (excludes halogenated alkanes) is 1. The first-order chi connectivity index (χ1) is 8.35. The molecule has 96 valence electrons. The lowest BCUT2D eigenvalue weighted by Gasteiger charge is -2.50. The van der Waals surface area contributed by atoms with E-state index in [2.05, 4.69) is 28.0 Å². The minimum atomic E-state index is 0.622. The van der Waals surface area contributed by atoms with E-state index in [1.807, 2.05) is 0 Å².